The standard InChI is InChI=1S/C26H34Cl2N2O2/c1-17(2)29-25(32)18(3)30(16-21-22(27)8-7-9-23(21)28)24(31)15-12-19-10-13-20(14-11-19)26(4,5)6/h7-11,13-14,17-18H,12,15-16H2,1-6H3,(H,29,32). The third-order valence-electron chi connectivity index (χ3n) is 5.44. The fourth-order valence-electron chi connectivity index (χ4n) is 3.41. The van der Waals surface area contributed by atoms with E-state index in [1.54, 1.807) is 30.0 Å². The van der Waals surface area contributed by atoms with Crippen LogP contribution in [0.3, 0.4) is 0 Å². The number of rotatable bonds is 8. The van der Waals surface area contributed by atoms with Gasteiger partial charge in [0.25, 0.3) is 0 Å². The number of nitrogens with zero attached hydrogens (tertiary/aromatic N) is 1. The molecule has 2 aromatic carbocycles. The monoisotopic (exact) mass is 476 g/mol. The van der Waals surface area contributed by atoms with E-state index < -0.39 is 6.04 Å². The highest BCUT2D eigenvalue weighted by molar-refractivity contribution is 6.36. The number of halogens is 2. The second kappa shape index (κ2) is 11.2. The molecule has 2 aromatic rings. The highest BCUT2D eigenvalue weighted by Gasteiger charge is 2.27. The highest BCUT2D eigenvalue weighted by Crippen LogP contribution is 2.27. The van der Waals surface area contributed by atoms with Crippen LogP contribution in [0.1, 0.15) is 64.7 Å². The van der Waals surface area contributed by atoms with Gasteiger partial charge in [-0.25, -0.2) is 0 Å². The van der Waals surface area contributed by atoms with Gasteiger partial charge in [0, 0.05) is 34.6 Å². The smallest absolute Gasteiger partial charge is 0.242 e. The highest BCUT2D eigenvalue weighted by atomic mass is 35.5. The predicted molar refractivity (Wildman–Crippen MR) is 133 cm³/mol. The van der Waals surface area contributed by atoms with Gasteiger partial charge >= 0.3 is 0 Å². The van der Waals surface area contributed by atoms with Gasteiger partial charge in [-0.15, -0.1) is 0 Å². The molecule has 174 valence electrons. The molecule has 6 heteroatoms. The number of benzene rings is 2. The molecule has 1 unspecified atom stereocenters. The first kappa shape index (κ1) is 26.2. The van der Waals surface area contributed by atoms with E-state index >= 15 is 0 Å². The second-order valence-corrected chi connectivity index (χ2v) is 10.3. The number of hydrogen-bond donors (Lipinski definition) is 1. The molecule has 2 rings (SSSR count). The topological polar surface area (TPSA) is 49.4 Å². The third kappa shape index (κ3) is 7.25. The Morgan fingerprint density at radius 1 is 0.969 bits per heavy atom. The van der Waals surface area contributed by atoms with Crippen LogP contribution in [0.15, 0.2) is 42.5 Å². The number of nitrogens with one attached hydrogen (secondary N) is 1. The quantitative estimate of drug-likeness (QED) is 0.495. The third-order valence-corrected chi connectivity index (χ3v) is 6.14. The minimum atomic E-state index is -0.652. The van der Waals surface area contributed by atoms with Gasteiger partial charge in [0.2, 0.25) is 11.8 Å². The van der Waals surface area contributed by atoms with Crippen molar-refractivity contribution in [3.05, 3.63) is 69.2 Å². The van der Waals surface area contributed by atoms with Gasteiger partial charge in [0.15, 0.2) is 0 Å². The molecule has 1 N–H and O–H groups in total. The summed E-state index contributed by atoms with van der Waals surface area (Å²) in [6.07, 6.45) is 0.880. The molecule has 32 heavy (non-hydrogen) atoms. The maximum atomic E-state index is 13.3. The zero-order chi connectivity index (χ0) is 24.1. The largest absolute Gasteiger partial charge is 0.352 e. The number of amides is 2. The zero-order valence-electron chi connectivity index (χ0n) is 19.8. The Morgan fingerprint density at radius 3 is 2.03 bits per heavy atom. The predicted octanol–water partition coefficient (Wildman–Crippen LogP) is 6.17. The van der Waals surface area contributed by atoms with E-state index in [2.05, 4.69) is 50.4 Å². The van der Waals surface area contributed by atoms with E-state index in [-0.39, 0.29) is 36.2 Å². The number of aryl methyl sites for hydroxylation is 1. The van der Waals surface area contributed by atoms with Crippen LogP contribution in [-0.4, -0.2) is 28.8 Å². The van der Waals surface area contributed by atoms with Gasteiger partial charge in [-0.3, -0.25) is 9.59 Å². The molecule has 0 radical (unpaired) electrons. The van der Waals surface area contributed by atoms with Crippen molar-refractivity contribution < 1.29 is 9.59 Å². The summed E-state index contributed by atoms with van der Waals surface area (Å²) in [5.41, 5.74) is 3.06. The van der Waals surface area contributed by atoms with E-state index in [4.69, 9.17) is 23.2 Å². The van der Waals surface area contributed by atoms with Crippen molar-refractivity contribution in [1.29, 1.82) is 0 Å². The SMILES string of the molecule is CC(C)NC(=O)C(C)N(Cc1c(Cl)cccc1Cl)C(=O)CCc1ccc(C(C)(C)C)cc1. The van der Waals surface area contributed by atoms with Crippen LogP contribution < -0.4 is 5.32 Å². The molecule has 4 nitrogen and oxygen atoms in total. The van der Waals surface area contributed by atoms with E-state index in [9.17, 15) is 9.59 Å². The van der Waals surface area contributed by atoms with Crippen molar-refractivity contribution in [2.24, 2.45) is 0 Å². The molecule has 0 aliphatic carbocycles. The summed E-state index contributed by atoms with van der Waals surface area (Å²) in [6.45, 7) is 12.2. The Hall–Kier alpha value is -2.04. The zero-order valence-corrected chi connectivity index (χ0v) is 21.3. The van der Waals surface area contributed by atoms with Crippen molar-refractivity contribution in [2.45, 2.75) is 78.4 Å². The lowest BCUT2D eigenvalue weighted by atomic mass is 9.86. The van der Waals surface area contributed by atoms with E-state index in [0.29, 0.717) is 22.0 Å². The van der Waals surface area contributed by atoms with Crippen LogP contribution in [0, 0.1) is 0 Å². The summed E-state index contributed by atoms with van der Waals surface area (Å²) in [5.74, 6) is -0.321. The Bertz CT molecular complexity index is 914. The Kier molecular flexibility index (Phi) is 9.18. The molecule has 0 aliphatic heterocycles. The maximum absolute atomic E-state index is 13.3. The first-order valence-electron chi connectivity index (χ1n) is 11.0. The summed E-state index contributed by atoms with van der Waals surface area (Å²) in [4.78, 5) is 27.5. The number of carbonyl (C=O) groups is 2. The lowest BCUT2D eigenvalue weighted by molar-refractivity contribution is -0.140. The van der Waals surface area contributed by atoms with Gasteiger partial charge in [-0.05, 0) is 55.9 Å². The normalized spacial score (nSPS) is 12.5. The van der Waals surface area contributed by atoms with Crippen molar-refractivity contribution in [1.82, 2.24) is 10.2 Å². The van der Waals surface area contributed by atoms with Crippen LogP contribution in [-0.2, 0) is 28.0 Å². The molecule has 1 atom stereocenters. The molecule has 2 amide bonds. The van der Waals surface area contributed by atoms with Crippen molar-refractivity contribution >= 4 is 35.0 Å². The first-order valence-corrected chi connectivity index (χ1v) is 11.8. The van der Waals surface area contributed by atoms with Gasteiger partial charge < -0.3 is 10.2 Å². The molecule has 0 saturated heterocycles. The Balaban J connectivity index is 2.20. The summed E-state index contributed by atoms with van der Waals surface area (Å²) >= 11 is 12.7. The fourth-order valence-corrected chi connectivity index (χ4v) is 3.92. The molecule has 0 fully saturated rings. The Labute approximate surface area is 202 Å². The van der Waals surface area contributed by atoms with E-state index in [0.717, 1.165) is 5.56 Å². The van der Waals surface area contributed by atoms with Gasteiger partial charge in [0.05, 0.1) is 0 Å². The minimum absolute atomic E-state index is 0.0212. The summed E-state index contributed by atoms with van der Waals surface area (Å²) in [6, 6.07) is 12.9. The van der Waals surface area contributed by atoms with Crippen LogP contribution in [0.5, 0.6) is 0 Å². The minimum Gasteiger partial charge on any atom is -0.352 e. The average molecular weight is 477 g/mol. The molecule has 0 aliphatic rings. The second-order valence-electron chi connectivity index (χ2n) is 9.51. The average Bonchev–Trinajstić information content (AvgIpc) is 2.70. The van der Waals surface area contributed by atoms with Crippen LogP contribution >= 0.6 is 23.2 Å². The first-order chi connectivity index (χ1) is 14.9. The summed E-state index contributed by atoms with van der Waals surface area (Å²) in [7, 11) is 0. The number of hydrogen-bond acceptors (Lipinski definition) is 2. The van der Waals surface area contributed by atoms with Crippen molar-refractivity contribution in [3.63, 3.8) is 0 Å². The van der Waals surface area contributed by atoms with Gasteiger partial charge in [0.1, 0.15) is 6.04 Å². The molecule has 0 aromatic heterocycles. The summed E-state index contributed by atoms with van der Waals surface area (Å²) < 4.78 is 0. The molecule has 0 bridgehead atoms. The van der Waals surface area contributed by atoms with Crippen LogP contribution in [0.25, 0.3) is 0 Å². The molecule has 0 saturated carbocycles. The van der Waals surface area contributed by atoms with Crippen LogP contribution in [0.4, 0.5) is 0 Å². The molecule has 0 heterocycles. The van der Waals surface area contributed by atoms with Crippen molar-refractivity contribution in [3.8, 4) is 0 Å². The van der Waals surface area contributed by atoms with Gasteiger partial charge in [-0.2, -0.15) is 0 Å². The van der Waals surface area contributed by atoms with Crippen LogP contribution in [0.2, 0.25) is 10.0 Å². The van der Waals surface area contributed by atoms with E-state index in [1.807, 2.05) is 13.8 Å². The van der Waals surface area contributed by atoms with Gasteiger partial charge in [-0.1, -0.05) is 74.3 Å². The maximum Gasteiger partial charge on any atom is 0.242 e. The fraction of sp³-hybridized carbons (Fsp3) is 0.462. The lowest BCUT2D eigenvalue weighted by Crippen LogP contribution is -2.49. The van der Waals surface area contributed by atoms with Crippen molar-refractivity contribution in [2.75, 3.05) is 0 Å². The number of carbonyl (C=O) groups excluding carboxylic acids is 2. The lowest BCUT2D eigenvalue weighted by Gasteiger charge is -2.30. The summed E-state index contributed by atoms with van der Waals surface area (Å²) in [5, 5.41) is 3.84. The Morgan fingerprint density at radius 2 is 1.53 bits per heavy atom. The molecular weight excluding hydrogens is 443 g/mol. The molecule has 0 spiro atoms. The molecular formula is C26H34Cl2N2O2. The van der Waals surface area contributed by atoms with E-state index in [1.165, 1.54) is 5.56 Å².